The molecular formula is C22H29FN4O. The van der Waals surface area contributed by atoms with Crippen LogP contribution in [0, 0.1) is 12.7 Å². The number of rotatable bonds is 5. The zero-order valence-corrected chi connectivity index (χ0v) is 17.2. The zero-order valence-electron chi connectivity index (χ0n) is 17.2. The third-order valence-corrected chi connectivity index (χ3v) is 4.06. The topological polar surface area (TPSA) is 65.5 Å². The lowest BCUT2D eigenvalue weighted by Gasteiger charge is -2.20. The molecule has 150 valence electrons. The molecule has 0 aromatic heterocycles. The van der Waals surface area contributed by atoms with E-state index < -0.39 is 0 Å². The molecule has 5 nitrogen and oxygen atoms in total. The monoisotopic (exact) mass is 384 g/mol. The van der Waals surface area contributed by atoms with E-state index in [2.05, 4.69) is 20.9 Å². The Morgan fingerprint density at radius 2 is 1.68 bits per heavy atom. The minimum Gasteiger partial charge on any atom is -0.352 e. The van der Waals surface area contributed by atoms with Gasteiger partial charge in [-0.05, 0) is 62.6 Å². The van der Waals surface area contributed by atoms with Crippen molar-refractivity contribution in [1.29, 1.82) is 0 Å². The maximum absolute atomic E-state index is 13.7. The Labute approximate surface area is 166 Å². The highest BCUT2D eigenvalue weighted by Gasteiger charge is 2.15. The number of nitrogens with one attached hydrogen (secondary N) is 3. The summed E-state index contributed by atoms with van der Waals surface area (Å²) in [5, 5.41) is 9.33. The van der Waals surface area contributed by atoms with Crippen LogP contribution in [-0.4, -0.2) is 24.5 Å². The van der Waals surface area contributed by atoms with Gasteiger partial charge in [0.1, 0.15) is 5.82 Å². The van der Waals surface area contributed by atoms with Crippen LogP contribution < -0.4 is 16.0 Å². The number of benzene rings is 2. The average Bonchev–Trinajstić information content (AvgIpc) is 2.63. The van der Waals surface area contributed by atoms with Crippen LogP contribution in [0.4, 0.5) is 4.39 Å². The Bertz CT molecular complexity index is 856. The van der Waals surface area contributed by atoms with E-state index in [9.17, 15) is 9.18 Å². The van der Waals surface area contributed by atoms with Crippen LogP contribution in [0.2, 0.25) is 0 Å². The van der Waals surface area contributed by atoms with Crippen LogP contribution >= 0.6 is 0 Å². The second kappa shape index (κ2) is 9.35. The number of hydrogen-bond donors (Lipinski definition) is 3. The van der Waals surface area contributed by atoms with Gasteiger partial charge in [-0.3, -0.25) is 9.79 Å². The van der Waals surface area contributed by atoms with Crippen LogP contribution in [0.15, 0.2) is 47.5 Å². The molecule has 6 heteroatoms. The number of nitrogens with zero attached hydrogens (tertiary/aromatic N) is 1. The first-order valence-electron chi connectivity index (χ1n) is 9.29. The molecule has 0 fully saturated rings. The standard InChI is InChI=1S/C22H29FN4O/c1-15-9-10-17(12-19(15)23)14-26-21(24-5)25-13-16-7-6-8-18(11-16)20(28)27-22(2,3)4/h6-12H,13-14H2,1-5H3,(H,27,28)(H2,24,25,26). The molecule has 0 unspecified atom stereocenters. The zero-order chi connectivity index (χ0) is 20.7. The third-order valence-electron chi connectivity index (χ3n) is 4.06. The van der Waals surface area contributed by atoms with E-state index in [-0.39, 0.29) is 17.3 Å². The lowest BCUT2D eigenvalue weighted by molar-refractivity contribution is 0.0919. The van der Waals surface area contributed by atoms with Crippen LogP contribution in [0.1, 0.15) is 47.8 Å². The summed E-state index contributed by atoms with van der Waals surface area (Å²) in [6.45, 7) is 8.57. The van der Waals surface area contributed by atoms with E-state index in [1.807, 2.05) is 45.0 Å². The van der Waals surface area contributed by atoms with Gasteiger partial charge in [0.25, 0.3) is 5.91 Å². The molecule has 0 radical (unpaired) electrons. The highest BCUT2D eigenvalue weighted by molar-refractivity contribution is 5.94. The average molecular weight is 384 g/mol. The fourth-order valence-corrected chi connectivity index (χ4v) is 2.57. The van der Waals surface area contributed by atoms with E-state index in [1.54, 1.807) is 26.1 Å². The fourth-order valence-electron chi connectivity index (χ4n) is 2.57. The Kier molecular flexibility index (Phi) is 7.15. The highest BCUT2D eigenvalue weighted by Crippen LogP contribution is 2.10. The van der Waals surface area contributed by atoms with Crippen molar-refractivity contribution in [2.75, 3.05) is 7.05 Å². The number of hydrogen-bond acceptors (Lipinski definition) is 2. The van der Waals surface area contributed by atoms with Gasteiger partial charge in [0, 0.05) is 31.2 Å². The quantitative estimate of drug-likeness (QED) is 0.546. The Hall–Kier alpha value is -2.89. The van der Waals surface area contributed by atoms with Crippen molar-refractivity contribution in [1.82, 2.24) is 16.0 Å². The first-order chi connectivity index (χ1) is 13.2. The molecule has 0 aliphatic rings. The summed E-state index contributed by atoms with van der Waals surface area (Å²) >= 11 is 0. The van der Waals surface area contributed by atoms with Gasteiger partial charge in [-0.2, -0.15) is 0 Å². The number of amides is 1. The molecule has 0 aliphatic carbocycles. The van der Waals surface area contributed by atoms with Gasteiger partial charge in [-0.15, -0.1) is 0 Å². The van der Waals surface area contributed by atoms with Crippen LogP contribution in [0.25, 0.3) is 0 Å². The first-order valence-corrected chi connectivity index (χ1v) is 9.29. The number of carbonyl (C=O) groups is 1. The molecule has 0 aliphatic heterocycles. The molecule has 0 saturated heterocycles. The van der Waals surface area contributed by atoms with E-state index >= 15 is 0 Å². The number of halogens is 1. The number of guanidine groups is 1. The molecule has 0 bridgehead atoms. The van der Waals surface area contributed by atoms with Gasteiger partial charge < -0.3 is 16.0 Å². The summed E-state index contributed by atoms with van der Waals surface area (Å²) in [4.78, 5) is 16.5. The van der Waals surface area contributed by atoms with Gasteiger partial charge in [0.15, 0.2) is 5.96 Å². The normalized spacial score (nSPS) is 11.9. The largest absolute Gasteiger partial charge is 0.352 e. The van der Waals surface area contributed by atoms with Crippen LogP contribution in [-0.2, 0) is 13.1 Å². The molecule has 1 amide bonds. The van der Waals surface area contributed by atoms with E-state index in [0.29, 0.717) is 30.2 Å². The van der Waals surface area contributed by atoms with Gasteiger partial charge in [0.05, 0.1) is 0 Å². The van der Waals surface area contributed by atoms with E-state index in [4.69, 9.17) is 0 Å². The predicted molar refractivity (Wildman–Crippen MR) is 112 cm³/mol. The minimum absolute atomic E-state index is 0.0988. The lowest BCUT2D eigenvalue weighted by atomic mass is 10.1. The molecule has 0 atom stereocenters. The van der Waals surface area contributed by atoms with Gasteiger partial charge in [-0.25, -0.2) is 4.39 Å². The molecule has 2 rings (SSSR count). The summed E-state index contributed by atoms with van der Waals surface area (Å²) in [7, 11) is 1.68. The molecular weight excluding hydrogens is 355 g/mol. The van der Waals surface area contributed by atoms with Crippen molar-refractivity contribution in [3.63, 3.8) is 0 Å². The van der Waals surface area contributed by atoms with Gasteiger partial charge in [0.2, 0.25) is 0 Å². The second-order valence-electron chi connectivity index (χ2n) is 7.77. The van der Waals surface area contributed by atoms with Crippen LogP contribution in [0.3, 0.4) is 0 Å². The van der Waals surface area contributed by atoms with Gasteiger partial charge in [-0.1, -0.05) is 24.3 Å². The number of aryl methyl sites for hydroxylation is 1. The number of carbonyl (C=O) groups excluding carboxylic acids is 1. The van der Waals surface area contributed by atoms with Crippen molar-refractivity contribution in [3.05, 3.63) is 70.5 Å². The Morgan fingerprint density at radius 1 is 1.04 bits per heavy atom. The summed E-state index contributed by atoms with van der Waals surface area (Å²) in [5.41, 5.74) is 2.76. The summed E-state index contributed by atoms with van der Waals surface area (Å²) < 4.78 is 13.7. The van der Waals surface area contributed by atoms with Crippen molar-refractivity contribution in [2.24, 2.45) is 4.99 Å². The van der Waals surface area contributed by atoms with Gasteiger partial charge >= 0.3 is 0 Å². The predicted octanol–water partition coefficient (Wildman–Crippen LogP) is 3.53. The molecule has 3 N–H and O–H groups in total. The Balaban J connectivity index is 1.93. The van der Waals surface area contributed by atoms with E-state index in [0.717, 1.165) is 11.1 Å². The maximum atomic E-state index is 13.7. The molecule has 0 saturated carbocycles. The van der Waals surface area contributed by atoms with Crippen molar-refractivity contribution < 1.29 is 9.18 Å². The first kappa shape index (κ1) is 21.4. The molecule has 0 spiro atoms. The van der Waals surface area contributed by atoms with Crippen LogP contribution in [0.5, 0.6) is 0 Å². The molecule has 0 heterocycles. The van der Waals surface area contributed by atoms with Crippen molar-refractivity contribution >= 4 is 11.9 Å². The highest BCUT2D eigenvalue weighted by atomic mass is 19.1. The summed E-state index contributed by atoms with van der Waals surface area (Å²) in [6, 6.07) is 12.6. The Morgan fingerprint density at radius 3 is 2.25 bits per heavy atom. The van der Waals surface area contributed by atoms with Crippen molar-refractivity contribution in [2.45, 2.75) is 46.3 Å². The second-order valence-corrected chi connectivity index (χ2v) is 7.77. The van der Waals surface area contributed by atoms with E-state index in [1.165, 1.54) is 6.07 Å². The minimum atomic E-state index is -0.285. The SMILES string of the molecule is CN=C(NCc1cccc(C(=O)NC(C)(C)C)c1)NCc1ccc(C)c(F)c1. The molecule has 28 heavy (non-hydrogen) atoms. The third kappa shape index (κ3) is 6.68. The molecule has 2 aromatic rings. The molecule has 2 aromatic carbocycles. The fraction of sp³-hybridized carbons (Fsp3) is 0.364. The number of aliphatic imine (C=N–C) groups is 1. The summed E-state index contributed by atoms with van der Waals surface area (Å²) in [5.74, 6) is 0.288. The maximum Gasteiger partial charge on any atom is 0.251 e. The lowest BCUT2D eigenvalue weighted by Crippen LogP contribution is -2.40. The smallest absolute Gasteiger partial charge is 0.251 e. The van der Waals surface area contributed by atoms with Crippen molar-refractivity contribution in [3.8, 4) is 0 Å². The summed E-state index contributed by atoms with van der Waals surface area (Å²) in [6.07, 6.45) is 0.